The van der Waals surface area contributed by atoms with Gasteiger partial charge in [-0.1, -0.05) is 17.7 Å². The van der Waals surface area contributed by atoms with Crippen molar-refractivity contribution in [2.75, 3.05) is 0 Å². The molecule has 1 aliphatic rings. The number of carboxylic acid groups (broad SMARTS) is 1. The molecule has 0 bridgehead atoms. The molecular formula is C19H25ClFNO4. The van der Waals surface area contributed by atoms with Crippen molar-refractivity contribution >= 4 is 23.7 Å². The molecule has 7 heteroatoms. The van der Waals surface area contributed by atoms with Crippen molar-refractivity contribution in [1.82, 2.24) is 4.90 Å². The molecule has 1 heterocycles. The van der Waals surface area contributed by atoms with Crippen LogP contribution in [0.5, 0.6) is 0 Å². The van der Waals surface area contributed by atoms with Gasteiger partial charge >= 0.3 is 12.1 Å². The van der Waals surface area contributed by atoms with Crippen LogP contribution in [0.2, 0.25) is 5.02 Å². The Hall–Kier alpha value is -1.82. The second-order valence-electron chi connectivity index (χ2n) is 8.26. The summed E-state index contributed by atoms with van der Waals surface area (Å²) in [6.07, 6.45) is 0.537. The summed E-state index contributed by atoms with van der Waals surface area (Å²) in [5.74, 6) is -2.88. The lowest BCUT2D eigenvalue weighted by Crippen LogP contribution is -2.51. The van der Waals surface area contributed by atoms with Crippen molar-refractivity contribution in [1.29, 1.82) is 0 Å². The zero-order chi connectivity index (χ0) is 19.9. The van der Waals surface area contributed by atoms with Crippen molar-refractivity contribution in [2.45, 2.75) is 70.6 Å². The van der Waals surface area contributed by atoms with Gasteiger partial charge in [0.15, 0.2) is 0 Å². The third kappa shape index (κ3) is 4.29. The fraction of sp³-hybridized carbons (Fsp3) is 0.579. The van der Waals surface area contributed by atoms with Gasteiger partial charge in [0.25, 0.3) is 0 Å². The topological polar surface area (TPSA) is 66.8 Å². The van der Waals surface area contributed by atoms with Crippen LogP contribution in [-0.4, -0.2) is 39.3 Å². The van der Waals surface area contributed by atoms with E-state index in [9.17, 15) is 19.1 Å². The molecule has 26 heavy (non-hydrogen) atoms. The maximum absolute atomic E-state index is 13.9. The van der Waals surface area contributed by atoms with Crippen LogP contribution in [0.4, 0.5) is 9.18 Å². The minimum absolute atomic E-state index is 0.0753. The Morgan fingerprint density at radius 3 is 2.50 bits per heavy atom. The average molecular weight is 386 g/mol. The highest BCUT2D eigenvalue weighted by Gasteiger charge is 2.49. The highest BCUT2D eigenvalue weighted by Crippen LogP contribution is 2.41. The Balaban J connectivity index is 2.44. The number of ether oxygens (including phenoxy) is 1. The van der Waals surface area contributed by atoms with Crippen LogP contribution in [-0.2, 0) is 9.53 Å². The molecule has 1 N–H and O–H groups in total. The van der Waals surface area contributed by atoms with Crippen molar-refractivity contribution in [2.24, 2.45) is 0 Å². The Kier molecular flexibility index (Phi) is 5.57. The van der Waals surface area contributed by atoms with Crippen molar-refractivity contribution in [3.63, 3.8) is 0 Å². The highest BCUT2D eigenvalue weighted by atomic mass is 35.5. The van der Waals surface area contributed by atoms with Crippen molar-refractivity contribution < 1.29 is 23.8 Å². The van der Waals surface area contributed by atoms with Gasteiger partial charge in [0, 0.05) is 5.54 Å². The number of benzene rings is 1. The Morgan fingerprint density at radius 1 is 1.38 bits per heavy atom. The van der Waals surface area contributed by atoms with Gasteiger partial charge in [0.2, 0.25) is 0 Å². The predicted octanol–water partition coefficient (Wildman–Crippen LogP) is 4.83. The number of carbonyl (C=O) groups is 2. The van der Waals surface area contributed by atoms with E-state index in [1.54, 1.807) is 20.8 Å². The second-order valence-corrected chi connectivity index (χ2v) is 8.67. The first kappa shape index (κ1) is 20.5. The van der Waals surface area contributed by atoms with Gasteiger partial charge in [-0.3, -0.25) is 9.69 Å². The lowest BCUT2D eigenvalue weighted by atomic mass is 9.90. The molecule has 2 atom stereocenters. The van der Waals surface area contributed by atoms with Gasteiger partial charge < -0.3 is 9.84 Å². The number of carboxylic acids is 1. The number of hydrogen-bond acceptors (Lipinski definition) is 3. The molecule has 0 aliphatic carbocycles. The summed E-state index contributed by atoms with van der Waals surface area (Å²) in [4.78, 5) is 26.3. The first-order valence-electron chi connectivity index (χ1n) is 8.53. The van der Waals surface area contributed by atoms with E-state index < -0.39 is 41.0 Å². The number of amides is 1. The highest BCUT2D eigenvalue weighted by molar-refractivity contribution is 6.30. The fourth-order valence-corrected chi connectivity index (χ4v) is 3.56. The summed E-state index contributed by atoms with van der Waals surface area (Å²) in [7, 11) is 0. The number of halogens is 2. The largest absolute Gasteiger partial charge is 0.481 e. The summed E-state index contributed by atoms with van der Waals surface area (Å²) in [6, 6.07) is 3.31. The minimum Gasteiger partial charge on any atom is -0.481 e. The summed E-state index contributed by atoms with van der Waals surface area (Å²) < 4.78 is 19.4. The SMILES string of the molecule is CC(C)(C)OC(=O)N1[C@H](C(C(=O)O)c2ccc(Cl)c(F)c2)CCC1(C)C. The summed E-state index contributed by atoms with van der Waals surface area (Å²) in [6.45, 7) is 9.02. The molecule has 144 valence electrons. The van der Waals surface area contributed by atoms with Gasteiger partial charge in [-0.25, -0.2) is 9.18 Å². The van der Waals surface area contributed by atoms with Crippen LogP contribution in [0, 0.1) is 5.82 Å². The lowest BCUT2D eigenvalue weighted by Gasteiger charge is -2.39. The fourth-order valence-electron chi connectivity index (χ4n) is 3.44. The number of likely N-dealkylation sites (tertiary alicyclic amines) is 1. The zero-order valence-electron chi connectivity index (χ0n) is 15.7. The molecule has 1 aromatic carbocycles. The smallest absolute Gasteiger partial charge is 0.411 e. The normalized spacial score (nSPS) is 20.7. The molecule has 2 rings (SSSR count). The number of rotatable bonds is 3. The molecule has 1 unspecified atom stereocenters. The summed E-state index contributed by atoms with van der Waals surface area (Å²) in [5.41, 5.74) is -0.993. The number of nitrogens with zero attached hydrogens (tertiary/aromatic N) is 1. The zero-order valence-corrected chi connectivity index (χ0v) is 16.4. The number of aliphatic carboxylic acids is 1. The van der Waals surface area contributed by atoms with Crippen LogP contribution < -0.4 is 0 Å². The number of hydrogen-bond donors (Lipinski definition) is 1. The standard InChI is InChI=1S/C19H25ClFNO4/c1-18(2,3)26-17(25)22-14(8-9-19(22,4)5)15(16(23)24)11-6-7-12(20)13(21)10-11/h6-7,10,14-15H,8-9H2,1-5H3,(H,23,24)/t14-,15?/m0/s1. The van der Waals surface area contributed by atoms with Gasteiger partial charge in [-0.05, 0) is 65.2 Å². The van der Waals surface area contributed by atoms with Crippen LogP contribution in [0.25, 0.3) is 0 Å². The molecule has 0 saturated carbocycles. The maximum atomic E-state index is 13.9. The van der Waals surface area contributed by atoms with E-state index in [4.69, 9.17) is 16.3 Å². The van der Waals surface area contributed by atoms with Crippen LogP contribution in [0.15, 0.2) is 18.2 Å². The first-order chi connectivity index (χ1) is 11.8. The van der Waals surface area contributed by atoms with E-state index in [-0.39, 0.29) is 10.6 Å². The monoisotopic (exact) mass is 385 g/mol. The Bertz CT molecular complexity index is 714. The third-order valence-electron chi connectivity index (χ3n) is 4.58. The van der Waals surface area contributed by atoms with E-state index in [2.05, 4.69) is 0 Å². The predicted molar refractivity (Wildman–Crippen MR) is 97.0 cm³/mol. The second kappa shape index (κ2) is 7.06. The van der Waals surface area contributed by atoms with Crippen molar-refractivity contribution in [3.05, 3.63) is 34.6 Å². The van der Waals surface area contributed by atoms with Crippen LogP contribution >= 0.6 is 11.6 Å². The molecule has 5 nitrogen and oxygen atoms in total. The van der Waals surface area contributed by atoms with Crippen LogP contribution in [0.3, 0.4) is 0 Å². The van der Waals surface area contributed by atoms with E-state index in [1.807, 2.05) is 13.8 Å². The minimum atomic E-state index is -1.12. The molecule has 1 fully saturated rings. The Morgan fingerprint density at radius 2 is 2.00 bits per heavy atom. The van der Waals surface area contributed by atoms with E-state index in [0.717, 1.165) is 6.07 Å². The van der Waals surface area contributed by atoms with Gasteiger partial charge in [-0.15, -0.1) is 0 Å². The van der Waals surface area contributed by atoms with Gasteiger partial charge in [-0.2, -0.15) is 0 Å². The number of carbonyl (C=O) groups excluding carboxylic acids is 1. The van der Waals surface area contributed by atoms with E-state index in [0.29, 0.717) is 12.8 Å². The molecule has 0 spiro atoms. The van der Waals surface area contributed by atoms with Crippen LogP contribution in [0.1, 0.15) is 58.9 Å². The molecule has 1 saturated heterocycles. The summed E-state index contributed by atoms with van der Waals surface area (Å²) >= 11 is 5.71. The van der Waals surface area contributed by atoms with Crippen molar-refractivity contribution in [3.8, 4) is 0 Å². The third-order valence-corrected chi connectivity index (χ3v) is 4.89. The van der Waals surface area contributed by atoms with Gasteiger partial charge in [0.05, 0.1) is 11.1 Å². The average Bonchev–Trinajstić information content (AvgIpc) is 2.76. The molecule has 0 radical (unpaired) electrons. The lowest BCUT2D eigenvalue weighted by molar-refractivity contribution is -0.140. The maximum Gasteiger partial charge on any atom is 0.411 e. The first-order valence-corrected chi connectivity index (χ1v) is 8.91. The summed E-state index contributed by atoms with van der Waals surface area (Å²) in [5, 5.41) is 9.74. The van der Waals surface area contributed by atoms with E-state index >= 15 is 0 Å². The Labute approximate surface area is 158 Å². The molecule has 1 amide bonds. The molecule has 1 aromatic rings. The molecular weight excluding hydrogens is 361 g/mol. The molecule has 0 aromatic heterocycles. The van der Waals surface area contributed by atoms with E-state index in [1.165, 1.54) is 17.0 Å². The quantitative estimate of drug-likeness (QED) is 0.809. The van der Waals surface area contributed by atoms with Gasteiger partial charge in [0.1, 0.15) is 17.3 Å². The molecule has 1 aliphatic heterocycles.